The van der Waals surface area contributed by atoms with E-state index in [4.69, 9.17) is 11.6 Å². The number of para-hydroxylation sites is 2. The Balaban J connectivity index is 1.57. The molecule has 0 fully saturated rings. The van der Waals surface area contributed by atoms with Crippen molar-refractivity contribution in [2.45, 2.75) is 0 Å². The van der Waals surface area contributed by atoms with Gasteiger partial charge in [-0.15, -0.1) is 0 Å². The van der Waals surface area contributed by atoms with Gasteiger partial charge in [-0.25, -0.2) is 0 Å². The number of nitrogens with zero attached hydrogens (tertiary/aromatic N) is 2. The molecule has 0 saturated carbocycles. The van der Waals surface area contributed by atoms with Gasteiger partial charge in [-0.3, -0.25) is 0 Å². The van der Waals surface area contributed by atoms with Crippen LogP contribution in [0.25, 0.3) is 65.8 Å². The van der Waals surface area contributed by atoms with Gasteiger partial charge in [-0.1, -0.05) is 66.2 Å². The molecular weight excluding hydrogens is 488 g/mol. The fourth-order valence-corrected chi connectivity index (χ4v) is 6.28. The van der Waals surface area contributed by atoms with Gasteiger partial charge in [0.2, 0.25) is 0 Å². The van der Waals surface area contributed by atoms with Crippen molar-refractivity contribution in [3.63, 3.8) is 0 Å². The molecule has 3 nitrogen and oxygen atoms in total. The van der Waals surface area contributed by atoms with Gasteiger partial charge in [0.05, 0.1) is 22.1 Å². The summed E-state index contributed by atoms with van der Waals surface area (Å²) in [4.78, 5) is 0. The van der Waals surface area contributed by atoms with Gasteiger partial charge in [0.15, 0.2) is 0 Å². The van der Waals surface area contributed by atoms with E-state index in [1.54, 1.807) is 6.07 Å². The van der Waals surface area contributed by atoms with Crippen LogP contribution >= 0.6 is 11.6 Å². The van der Waals surface area contributed by atoms with Crippen LogP contribution in [0.2, 0.25) is 5.02 Å². The van der Waals surface area contributed by atoms with Crippen LogP contribution in [-0.2, 0) is 0 Å². The first-order valence-electron chi connectivity index (χ1n) is 12.6. The third kappa shape index (κ3) is 2.91. The molecule has 2 heterocycles. The van der Waals surface area contributed by atoms with Gasteiger partial charge in [0, 0.05) is 44.0 Å². The van der Waals surface area contributed by atoms with Crippen molar-refractivity contribution in [3.8, 4) is 17.1 Å². The van der Waals surface area contributed by atoms with E-state index in [-0.39, 0.29) is 5.75 Å². The summed E-state index contributed by atoms with van der Waals surface area (Å²) >= 11 is 6.50. The minimum atomic E-state index is 0.256. The van der Waals surface area contributed by atoms with E-state index in [9.17, 15) is 5.11 Å². The summed E-state index contributed by atoms with van der Waals surface area (Å²) in [6.45, 7) is 0. The number of aromatic hydroxyl groups is 1. The molecule has 0 atom stereocenters. The van der Waals surface area contributed by atoms with E-state index in [0.29, 0.717) is 0 Å². The van der Waals surface area contributed by atoms with Crippen LogP contribution in [0.3, 0.4) is 0 Å². The zero-order valence-electron chi connectivity index (χ0n) is 20.3. The fraction of sp³-hybridized carbons (Fsp3) is 0. The van der Waals surface area contributed by atoms with Gasteiger partial charge in [-0.05, 0) is 71.4 Å². The molecule has 8 rings (SSSR count). The Morgan fingerprint density at radius 1 is 0.447 bits per heavy atom. The molecule has 38 heavy (non-hydrogen) atoms. The molecule has 0 bridgehead atoms. The zero-order valence-corrected chi connectivity index (χ0v) is 21.0. The maximum atomic E-state index is 10.4. The number of phenolic OH excluding ortho intramolecular Hbond substituents is 1. The molecule has 8 aromatic rings. The maximum absolute atomic E-state index is 10.4. The third-order valence-electron chi connectivity index (χ3n) is 7.63. The summed E-state index contributed by atoms with van der Waals surface area (Å²) in [5, 5.41) is 18.2. The van der Waals surface area contributed by atoms with Crippen LogP contribution in [-0.4, -0.2) is 14.2 Å². The van der Waals surface area contributed by atoms with Crippen LogP contribution < -0.4 is 0 Å². The number of hydrogen-bond donors (Lipinski definition) is 1. The van der Waals surface area contributed by atoms with Gasteiger partial charge >= 0.3 is 0 Å². The summed E-state index contributed by atoms with van der Waals surface area (Å²) in [6.07, 6.45) is 0. The zero-order chi connectivity index (χ0) is 25.4. The monoisotopic (exact) mass is 508 g/mol. The molecule has 0 aliphatic heterocycles. The van der Waals surface area contributed by atoms with Crippen molar-refractivity contribution >= 4 is 66.0 Å². The molecular formula is C34H21ClN2O. The predicted molar refractivity (Wildman–Crippen MR) is 159 cm³/mol. The smallest absolute Gasteiger partial charge is 0.117 e. The molecule has 6 aromatic carbocycles. The first-order chi connectivity index (χ1) is 18.7. The van der Waals surface area contributed by atoms with Crippen LogP contribution in [0.1, 0.15) is 0 Å². The average molecular weight is 509 g/mol. The van der Waals surface area contributed by atoms with E-state index in [0.717, 1.165) is 43.9 Å². The van der Waals surface area contributed by atoms with E-state index in [1.807, 2.05) is 42.5 Å². The molecule has 0 aliphatic rings. The Hall–Kier alpha value is -4.73. The summed E-state index contributed by atoms with van der Waals surface area (Å²) in [7, 11) is 0. The molecule has 0 aliphatic carbocycles. The van der Waals surface area contributed by atoms with E-state index in [2.05, 4.69) is 81.9 Å². The number of halogens is 1. The van der Waals surface area contributed by atoms with Gasteiger partial charge in [-0.2, -0.15) is 0 Å². The molecule has 4 heteroatoms. The number of phenols is 1. The quantitative estimate of drug-likeness (QED) is 0.247. The van der Waals surface area contributed by atoms with Crippen molar-refractivity contribution in [1.29, 1.82) is 0 Å². The number of aromatic nitrogens is 2. The minimum Gasteiger partial charge on any atom is -0.508 e. The van der Waals surface area contributed by atoms with Gasteiger partial charge in [0.25, 0.3) is 0 Å². The summed E-state index contributed by atoms with van der Waals surface area (Å²) in [5.74, 6) is 0.256. The van der Waals surface area contributed by atoms with Crippen molar-refractivity contribution in [2.24, 2.45) is 0 Å². The molecule has 0 radical (unpaired) electrons. The molecule has 0 amide bonds. The number of hydrogen-bond acceptors (Lipinski definition) is 1. The first-order valence-corrected chi connectivity index (χ1v) is 13.0. The lowest BCUT2D eigenvalue weighted by atomic mass is 9.99. The third-order valence-corrected chi connectivity index (χ3v) is 7.86. The van der Waals surface area contributed by atoms with Crippen LogP contribution in [0.4, 0.5) is 0 Å². The largest absolute Gasteiger partial charge is 0.508 e. The van der Waals surface area contributed by atoms with Gasteiger partial charge < -0.3 is 14.2 Å². The lowest BCUT2D eigenvalue weighted by Crippen LogP contribution is -1.93. The van der Waals surface area contributed by atoms with Crippen LogP contribution in [0.5, 0.6) is 5.75 Å². The van der Waals surface area contributed by atoms with Crippen molar-refractivity contribution in [3.05, 3.63) is 126 Å². The number of fused-ring (bicyclic) bond motifs is 9. The number of benzene rings is 6. The Labute approximate surface area is 223 Å². The van der Waals surface area contributed by atoms with E-state index >= 15 is 0 Å². The topological polar surface area (TPSA) is 30.1 Å². The second-order valence-corrected chi connectivity index (χ2v) is 10.2. The average Bonchev–Trinajstić information content (AvgIpc) is 3.45. The maximum Gasteiger partial charge on any atom is 0.117 e. The summed E-state index contributed by atoms with van der Waals surface area (Å²) in [6, 6.07) is 41.5. The molecule has 2 aromatic heterocycles. The van der Waals surface area contributed by atoms with Crippen LogP contribution in [0, 0.1) is 0 Å². The fourth-order valence-electron chi connectivity index (χ4n) is 6.11. The summed E-state index contributed by atoms with van der Waals surface area (Å²) in [5.41, 5.74) is 6.49. The van der Waals surface area contributed by atoms with E-state index < -0.39 is 0 Å². The number of rotatable bonds is 2. The Morgan fingerprint density at radius 3 is 1.47 bits per heavy atom. The van der Waals surface area contributed by atoms with Crippen LogP contribution in [0.15, 0.2) is 121 Å². The lowest BCUT2D eigenvalue weighted by molar-refractivity contribution is 0.476. The minimum absolute atomic E-state index is 0.256. The highest BCUT2D eigenvalue weighted by molar-refractivity contribution is 6.33. The Morgan fingerprint density at radius 2 is 0.921 bits per heavy atom. The predicted octanol–water partition coefficient (Wildman–Crippen LogP) is 9.39. The van der Waals surface area contributed by atoms with E-state index in [1.165, 1.54) is 26.9 Å². The second kappa shape index (κ2) is 7.88. The molecule has 0 spiro atoms. The molecule has 1 N–H and O–H groups in total. The molecule has 0 saturated heterocycles. The first kappa shape index (κ1) is 21.4. The van der Waals surface area contributed by atoms with Crippen molar-refractivity contribution in [2.75, 3.05) is 0 Å². The Kier molecular flexibility index (Phi) is 4.43. The molecule has 180 valence electrons. The Bertz CT molecular complexity index is 2030. The van der Waals surface area contributed by atoms with Gasteiger partial charge in [0.1, 0.15) is 5.75 Å². The lowest BCUT2D eigenvalue weighted by Gasteiger charge is -2.09. The second-order valence-electron chi connectivity index (χ2n) is 9.72. The SMILES string of the molecule is Oc1ccc2c3c4ccc5c(c4ccc3n(-c3ccccc3)c2c1)c1ccc(Cl)cc1n5-c1ccccc1. The van der Waals surface area contributed by atoms with Crippen molar-refractivity contribution < 1.29 is 5.11 Å². The highest BCUT2D eigenvalue weighted by Gasteiger charge is 2.19. The highest BCUT2D eigenvalue weighted by atomic mass is 35.5. The molecule has 0 unspecified atom stereocenters. The standard InChI is InChI=1S/C34H21ClN2O/c35-21-11-13-27-31(19-21)36(22-7-3-1-4-8-22)29-17-15-26-25(33(27)29)16-18-30-34(26)28-14-12-24(38)20-32(28)37(30)23-9-5-2-6-10-23/h1-20,38H. The highest BCUT2D eigenvalue weighted by Crippen LogP contribution is 2.43. The summed E-state index contributed by atoms with van der Waals surface area (Å²) < 4.78 is 4.53. The van der Waals surface area contributed by atoms with Crippen molar-refractivity contribution in [1.82, 2.24) is 9.13 Å². The normalized spacial score (nSPS) is 11.9.